The summed E-state index contributed by atoms with van der Waals surface area (Å²) in [4.78, 5) is 17.8. The van der Waals surface area contributed by atoms with E-state index < -0.39 is 0 Å². The fourth-order valence-electron chi connectivity index (χ4n) is 6.71. The van der Waals surface area contributed by atoms with Crippen LogP contribution in [0.1, 0.15) is 58.8 Å². The molecule has 0 spiro atoms. The van der Waals surface area contributed by atoms with Gasteiger partial charge >= 0.3 is 0 Å². The molecule has 4 fully saturated rings. The molecule has 0 atom stereocenters. The van der Waals surface area contributed by atoms with Crippen LogP contribution in [0.3, 0.4) is 0 Å². The van der Waals surface area contributed by atoms with Gasteiger partial charge in [0.15, 0.2) is 0 Å². The summed E-state index contributed by atoms with van der Waals surface area (Å²) in [6, 6.07) is 10.1. The summed E-state index contributed by atoms with van der Waals surface area (Å²) < 4.78 is 0. The average molecular weight is 392 g/mol. The molecule has 1 amide bonds. The second-order valence-corrected chi connectivity index (χ2v) is 10.5. The summed E-state index contributed by atoms with van der Waals surface area (Å²) in [7, 11) is 0. The minimum atomic E-state index is 0.182. The maximum Gasteiger partial charge on any atom is 0.224 e. The highest BCUT2D eigenvalue weighted by molar-refractivity contribution is 6.01. The molecule has 4 saturated carbocycles. The van der Waals surface area contributed by atoms with Crippen molar-refractivity contribution in [2.45, 2.75) is 58.8 Å². The standard InChI is InChI=1S/C25H33N3O/c1-16(2)15-26-23-7-6-20-21(27-23)4-3-5-22(20)28-24(29)14-25-11-17-8-18(12-25)10-19(9-17)13-25/h3-7,16-19H,8-15H2,1-2H3,(H,26,27)(H,28,29). The number of benzene rings is 1. The Morgan fingerprint density at radius 1 is 1.07 bits per heavy atom. The number of fused-ring (bicyclic) bond motifs is 1. The lowest BCUT2D eigenvalue weighted by atomic mass is 9.49. The van der Waals surface area contributed by atoms with Crippen LogP contribution in [-0.2, 0) is 4.79 Å². The molecule has 1 aromatic carbocycles. The van der Waals surface area contributed by atoms with E-state index in [1.54, 1.807) is 0 Å². The van der Waals surface area contributed by atoms with Gasteiger partial charge in [0.05, 0.1) is 11.2 Å². The number of amides is 1. The number of anilines is 2. The Bertz CT molecular complexity index is 884. The average Bonchev–Trinajstić information content (AvgIpc) is 2.64. The molecule has 2 aromatic rings. The maximum absolute atomic E-state index is 13.0. The molecule has 0 aliphatic heterocycles. The van der Waals surface area contributed by atoms with E-state index in [-0.39, 0.29) is 11.3 Å². The highest BCUT2D eigenvalue weighted by Gasteiger charge is 2.51. The zero-order valence-electron chi connectivity index (χ0n) is 17.7. The molecule has 1 aromatic heterocycles. The number of rotatable bonds is 6. The zero-order chi connectivity index (χ0) is 20.0. The first kappa shape index (κ1) is 18.9. The van der Waals surface area contributed by atoms with Gasteiger partial charge in [0, 0.05) is 18.4 Å². The minimum absolute atomic E-state index is 0.182. The third-order valence-corrected chi connectivity index (χ3v) is 7.40. The third kappa shape index (κ3) is 3.86. The van der Waals surface area contributed by atoms with Crippen molar-refractivity contribution in [1.82, 2.24) is 4.98 Å². The van der Waals surface area contributed by atoms with Crippen LogP contribution in [-0.4, -0.2) is 17.4 Å². The van der Waals surface area contributed by atoms with Crippen LogP contribution in [0, 0.1) is 29.1 Å². The lowest BCUT2D eigenvalue weighted by Gasteiger charge is -2.56. The Hall–Kier alpha value is -2.10. The smallest absolute Gasteiger partial charge is 0.224 e. The molecule has 4 nitrogen and oxygen atoms in total. The molecule has 4 aliphatic carbocycles. The van der Waals surface area contributed by atoms with Crippen LogP contribution in [0.5, 0.6) is 0 Å². The molecule has 154 valence electrons. The van der Waals surface area contributed by atoms with Gasteiger partial charge in [0.2, 0.25) is 5.91 Å². The lowest BCUT2D eigenvalue weighted by molar-refractivity contribution is -0.124. The highest BCUT2D eigenvalue weighted by Crippen LogP contribution is 2.61. The van der Waals surface area contributed by atoms with Crippen LogP contribution in [0.2, 0.25) is 0 Å². The van der Waals surface area contributed by atoms with Crippen molar-refractivity contribution < 1.29 is 4.79 Å². The molecular weight excluding hydrogens is 358 g/mol. The van der Waals surface area contributed by atoms with Crippen LogP contribution in [0.4, 0.5) is 11.5 Å². The molecule has 4 bridgehead atoms. The van der Waals surface area contributed by atoms with Gasteiger partial charge in [-0.2, -0.15) is 0 Å². The van der Waals surface area contributed by atoms with Crippen molar-refractivity contribution in [3.8, 4) is 0 Å². The van der Waals surface area contributed by atoms with E-state index in [9.17, 15) is 4.79 Å². The number of aromatic nitrogens is 1. The number of carbonyl (C=O) groups is 1. The lowest BCUT2D eigenvalue weighted by Crippen LogP contribution is -2.47. The number of hydrogen-bond donors (Lipinski definition) is 2. The highest BCUT2D eigenvalue weighted by atomic mass is 16.1. The molecular formula is C25H33N3O. The van der Waals surface area contributed by atoms with Gasteiger partial charge < -0.3 is 10.6 Å². The van der Waals surface area contributed by atoms with Crippen LogP contribution in [0.15, 0.2) is 30.3 Å². The van der Waals surface area contributed by atoms with E-state index in [1.807, 2.05) is 24.3 Å². The van der Waals surface area contributed by atoms with Crippen LogP contribution in [0.25, 0.3) is 10.9 Å². The molecule has 1 heterocycles. The molecule has 4 heteroatoms. The Morgan fingerprint density at radius 3 is 2.41 bits per heavy atom. The number of hydrogen-bond acceptors (Lipinski definition) is 3. The number of nitrogens with one attached hydrogen (secondary N) is 2. The molecule has 0 unspecified atom stereocenters. The Morgan fingerprint density at radius 2 is 1.76 bits per heavy atom. The third-order valence-electron chi connectivity index (χ3n) is 7.40. The maximum atomic E-state index is 13.0. The molecule has 2 N–H and O–H groups in total. The Balaban J connectivity index is 1.30. The van der Waals surface area contributed by atoms with E-state index >= 15 is 0 Å². The van der Waals surface area contributed by atoms with Crippen molar-refractivity contribution in [2.75, 3.05) is 17.2 Å². The van der Waals surface area contributed by atoms with E-state index in [2.05, 4.69) is 30.5 Å². The molecule has 0 saturated heterocycles. The summed E-state index contributed by atoms with van der Waals surface area (Å²) in [5.41, 5.74) is 2.08. The van der Waals surface area contributed by atoms with E-state index in [4.69, 9.17) is 4.98 Å². The first-order valence-corrected chi connectivity index (χ1v) is 11.4. The van der Waals surface area contributed by atoms with Gasteiger partial charge in [-0.05, 0) is 91.9 Å². The van der Waals surface area contributed by atoms with Crippen molar-refractivity contribution >= 4 is 28.3 Å². The van der Waals surface area contributed by atoms with Gasteiger partial charge in [0.1, 0.15) is 5.82 Å². The molecule has 29 heavy (non-hydrogen) atoms. The second-order valence-electron chi connectivity index (χ2n) is 10.5. The number of nitrogens with zero attached hydrogens (tertiary/aromatic N) is 1. The van der Waals surface area contributed by atoms with Crippen molar-refractivity contribution in [3.05, 3.63) is 30.3 Å². The summed E-state index contributed by atoms with van der Waals surface area (Å²) >= 11 is 0. The largest absolute Gasteiger partial charge is 0.370 e. The van der Waals surface area contributed by atoms with Gasteiger partial charge in [-0.3, -0.25) is 4.79 Å². The summed E-state index contributed by atoms with van der Waals surface area (Å²) in [5, 5.41) is 7.63. The summed E-state index contributed by atoms with van der Waals surface area (Å²) in [5.74, 6) is 4.29. The zero-order valence-corrected chi connectivity index (χ0v) is 17.7. The number of carbonyl (C=O) groups excluding carboxylic acids is 1. The van der Waals surface area contributed by atoms with Gasteiger partial charge in [-0.25, -0.2) is 4.98 Å². The first-order valence-electron chi connectivity index (χ1n) is 11.4. The van der Waals surface area contributed by atoms with Crippen molar-refractivity contribution in [2.24, 2.45) is 29.1 Å². The predicted molar refractivity (Wildman–Crippen MR) is 119 cm³/mol. The molecule has 4 aliphatic rings. The minimum Gasteiger partial charge on any atom is -0.370 e. The first-order chi connectivity index (χ1) is 14.0. The number of pyridine rings is 1. The van der Waals surface area contributed by atoms with E-state index in [0.29, 0.717) is 12.3 Å². The second kappa shape index (κ2) is 7.30. The SMILES string of the molecule is CC(C)CNc1ccc2c(NC(=O)CC34CC5CC(CC(C5)C3)C4)cccc2n1. The summed E-state index contributed by atoms with van der Waals surface area (Å²) in [6.45, 7) is 5.27. The van der Waals surface area contributed by atoms with E-state index in [0.717, 1.165) is 46.7 Å². The molecule has 0 radical (unpaired) electrons. The monoisotopic (exact) mass is 391 g/mol. The van der Waals surface area contributed by atoms with Crippen molar-refractivity contribution in [1.29, 1.82) is 0 Å². The topological polar surface area (TPSA) is 54.0 Å². The Kier molecular flexibility index (Phi) is 4.76. The van der Waals surface area contributed by atoms with Crippen molar-refractivity contribution in [3.63, 3.8) is 0 Å². The fourth-order valence-corrected chi connectivity index (χ4v) is 6.71. The van der Waals surface area contributed by atoms with Gasteiger partial charge in [0.25, 0.3) is 0 Å². The normalized spacial score (nSPS) is 30.1. The summed E-state index contributed by atoms with van der Waals surface area (Å²) in [6.07, 6.45) is 8.76. The van der Waals surface area contributed by atoms with Crippen LogP contribution >= 0.6 is 0 Å². The fraction of sp³-hybridized carbons (Fsp3) is 0.600. The van der Waals surface area contributed by atoms with E-state index in [1.165, 1.54) is 38.5 Å². The van der Waals surface area contributed by atoms with Crippen LogP contribution < -0.4 is 10.6 Å². The predicted octanol–water partition coefficient (Wildman–Crippen LogP) is 5.85. The Labute approximate surface area is 173 Å². The molecule has 6 rings (SSSR count). The van der Waals surface area contributed by atoms with Gasteiger partial charge in [-0.1, -0.05) is 19.9 Å². The quantitative estimate of drug-likeness (QED) is 0.649. The van der Waals surface area contributed by atoms with Gasteiger partial charge in [-0.15, -0.1) is 0 Å².